The van der Waals surface area contributed by atoms with Crippen LogP contribution in [0.15, 0.2) is 30.3 Å². The van der Waals surface area contributed by atoms with E-state index in [9.17, 15) is 20.1 Å². The number of benzene rings is 1. The van der Waals surface area contributed by atoms with Crippen molar-refractivity contribution in [3.63, 3.8) is 0 Å². The predicted molar refractivity (Wildman–Crippen MR) is 156 cm³/mol. The Balaban J connectivity index is 1.50. The topological polar surface area (TPSA) is 136 Å². The number of rotatable bonds is 9. The molecule has 6 aliphatic rings. The van der Waals surface area contributed by atoms with Crippen molar-refractivity contribution in [3.8, 4) is 0 Å². The summed E-state index contributed by atoms with van der Waals surface area (Å²) in [6.07, 6.45) is -4.42. The Morgan fingerprint density at radius 2 is 1.73 bits per heavy atom. The molecule has 0 amide bonds. The fraction of sp³-hybridized carbons (Fsp3) is 0.788. The van der Waals surface area contributed by atoms with Crippen molar-refractivity contribution in [2.45, 2.75) is 73.6 Å². The van der Waals surface area contributed by atoms with Gasteiger partial charge in [-0.25, -0.2) is 4.79 Å². The van der Waals surface area contributed by atoms with E-state index in [4.69, 9.17) is 28.4 Å². The molecule has 5 aliphatic carbocycles. The summed E-state index contributed by atoms with van der Waals surface area (Å²) in [6.45, 7) is 3.68. The number of ether oxygens (including phenoxy) is 6. The van der Waals surface area contributed by atoms with Crippen molar-refractivity contribution in [2.75, 3.05) is 55.2 Å². The third-order valence-electron chi connectivity index (χ3n) is 13.2. The van der Waals surface area contributed by atoms with E-state index < -0.39 is 76.5 Å². The van der Waals surface area contributed by atoms with Gasteiger partial charge in [0.05, 0.1) is 30.5 Å². The second-order valence-corrected chi connectivity index (χ2v) is 14.0. The molecule has 5 saturated carbocycles. The normalized spacial score (nSPS) is 51.8. The fourth-order valence-electron chi connectivity index (χ4n) is 12.3. The predicted octanol–water partition coefficient (Wildman–Crippen LogP) is 0.731. The molecule has 7 bridgehead atoms. The van der Waals surface area contributed by atoms with Crippen LogP contribution < -0.4 is 0 Å². The molecule has 1 heterocycles. The van der Waals surface area contributed by atoms with Gasteiger partial charge in [0.1, 0.15) is 29.5 Å². The Bertz CT molecular complexity index is 1270. The maximum absolute atomic E-state index is 13.7. The monoisotopic (exact) mass is 617 g/mol. The zero-order valence-electron chi connectivity index (χ0n) is 26.4. The zero-order valence-corrected chi connectivity index (χ0v) is 26.4. The van der Waals surface area contributed by atoms with Crippen LogP contribution >= 0.6 is 0 Å². The highest BCUT2D eigenvalue weighted by molar-refractivity contribution is 5.89. The molecule has 6 unspecified atom stereocenters. The molecule has 0 radical (unpaired) electrons. The minimum atomic E-state index is -1.71. The molecule has 1 aromatic carbocycles. The molecule has 7 rings (SSSR count). The van der Waals surface area contributed by atoms with Crippen LogP contribution in [-0.4, -0.2) is 135 Å². The van der Waals surface area contributed by atoms with Crippen LogP contribution in [0.5, 0.6) is 0 Å². The SMILES string of the molecule is CCN1C[C@]2(COC)C(O)CC(OC)[C@@]34[C@@H]5C[C@@]6(O)C(OC)C(O)[C@@](OC)([C@H]5C6OC(=O)c5ccccc5)[C@@H](C(OC)[C@H]23)[C@@H]14. The molecule has 1 aliphatic heterocycles. The maximum atomic E-state index is 13.7. The minimum Gasteiger partial charge on any atom is -0.455 e. The van der Waals surface area contributed by atoms with Crippen molar-refractivity contribution in [2.24, 2.45) is 34.5 Å². The molecule has 3 N–H and O–H groups in total. The van der Waals surface area contributed by atoms with E-state index in [1.54, 1.807) is 52.7 Å². The van der Waals surface area contributed by atoms with E-state index in [0.717, 1.165) is 0 Å². The number of fused-ring (bicyclic) bond motifs is 2. The lowest BCUT2D eigenvalue weighted by molar-refractivity contribution is -0.325. The Kier molecular flexibility index (Phi) is 7.33. The van der Waals surface area contributed by atoms with Gasteiger partial charge in [-0.1, -0.05) is 25.1 Å². The standard InChI is InChI=1S/C33H47NO10/c1-7-34-15-30(16-39-2)19(35)13-20(40-3)32-18-14-31(38)27(44-29(37)17-11-9-8-10-12-17)21(18)33(43-6,26(36)28(31)42-5)22(25(32)34)23(41-4)24(30)32/h8-12,18-28,35-36,38H,7,13-16H2,1-6H3/t18-,19?,20?,21-,22+,23?,24-,25-,26?,27?,28?,30+,31+,32+,33-/m1/s1. The highest BCUT2D eigenvalue weighted by Crippen LogP contribution is 2.80. The lowest BCUT2D eigenvalue weighted by Crippen LogP contribution is -2.81. The van der Waals surface area contributed by atoms with Crippen molar-refractivity contribution in [1.82, 2.24) is 4.90 Å². The van der Waals surface area contributed by atoms with Crippen LogP contribution in [0.2, 0.25) is 0 Å². The van der Waals surface area contributed by atoms with E-state index in [2.05, 4.69) is 11.8 Å². The van der Waals surface area contributed by atoms with E-state index in [1.165, 1.54) is 7.11 Å². The second-order valence-electron chi connectivity index (χ2n) is 14.0. The van der Waals surface area contributed by atoms with Crippen molar-refractivity contribution in [1.29, 1.82) is 0 Å². The van der Waals surface area contributed by atoms with Gasteiger partial charge in [0.25, 0.3) is 0 Å². The number of aliphatic hydroxyl groups is 3. The van der Waals surface area contributed by atoms with Gasteiger partial charge in [0, 0.05) is 83.1 Å². The van der Waals surface area contributed by atoms with Crippen molar-refractivity contribution in [3.05, 3.63) is 35.9 Å². The first-order valence-corrected chi connectivity index (χ1v) is 15.8. The van der Waals surface area contributed by atoms with Gasteiger partial charge < -0.3 is 43.7 Å². The summed E-state index contributed by atoms with van der Waals surface area (Å²) < 4.78 is 37.7. The van der Waals surface area contributed by atoms with Gasteiger partial charge in [-0.15, -0.1) is 0 Å². The van der Waals surface area contributed by atoms with Crippen LogP contribution in [0, 0.1) is 34.5 Å². The molecule has 6 fully saturated rings. The van der Waals surface area contributed by atoms with Gasteiger partial charge in [0.2, 0.25) is 0 Å². The molecule has 11 heteroatoms. The summed E-state index contributed by atoms with van der Waals surface area (Å²) >= 11 is 0. The number of carbonyl (C=O) groups excluding carboxylic acids is 1. The van der Waals surface area contributed by atoms with E-state index in [0.29, 0.717) is 31.7 Å². The summed E-state index contributed by atoms with van der Waals surface area (Å²) in [6, 6.07) is 8.55. The van der Waals surface area contributed by atoms with E-state index in [1.807, 2.05) is 6.07 Å². The molecular weight excluding hydrogens is 570 g/mol. The number of aliphatic hydroxyl groups excluding tert-OH is 2. The smallest absolute Gasteiger partial charge is 0.338 e. The number of nitrogens with zero attached hydrogens (tertiary/aromatic N) is 1. The molecular formula is C33H47NO10. The Labute approximate surface area is 258 Å². The van der Waals surface area contributed by atoms with E-state index >= 15 is 0 Å². The second kappa shape index (κ2) is 10.4. The van der Waals surface area contributed by atoms with Gasteiger partial charge in [-0.05, 0) is 31.0 Å². The average Bonchev–Trinajstić information content (AvgIpc) is 3.40. The van der Waals surface area contributed by atoms with Crippen LogP contribution in [-0.2, 0) is 28.4 Å². The zero-order chi connectivity index (χ0) is 31.4. The summed E-state index contributed by atoms with van der Waals surface area (Å²) in [4.78, 5) is 16.1. The lowest BCUT2D eigenvalue weighted by atomic mass is 9.42. The highest BCUT2D eigenvalue weighted by Gasteiger charge is 2.91. The van der Waals surface area contributed by atoms with Crippen LogP contribution in [0.1, 0.15) is 30.1 Å². The Morgan fingerprint density at radius 3 is 2.32 bits per heavy atom. The summed E-state index contributed by atoms with van der Waals surface area (Å²) in [7, 11) is 8.09. The van der Waals surface area contributed by atoms with Crippen LogP contribution in [0.4, 0.5) is 0 Å². The first-order valence-electron chi connectivity index (χ1n) is 15.8. The van der Waals surface area contributed by atoms with Crippen LogP contribution in [0.3, 0.4) is 0 Å². The molecule has 1 saturated heterocycles. The van der Waals surface area contributed by atoms with Crippen molar-refractivity contribution < 1.29 is 48.5 Å². The van der Waals surface area contributed by atoms with Gasteiger partial charge in [0.15, 0.2) is 0 Å². The maximum Gasteiger partial charge on any atom is 0.338 e. The number of likely N-dealkylation sites (tertiary alicyclic amines) is 1. The number of hydrogen-bond donors (Lipinski definition) is 3. The highest BCUT2D eigenvalue weighted by atomic mass is 16.6. The van der Waals surface area contributed by atoms with Gasteiger partial charge in [-0.3, -0.25) is 4.90 Å². The number of esters is 1. The van der Waals surface area contributed by atoms with Crippen LogP contribution in [0.25, 0.3) is 0 Å². The number of carbonyl (C=O) groups is 1. The lowest BCUT2D eigenvalue weighted by Gasteiger charge is -2.70. The molecule has 15 atom stereocenters. The summed E-state index contributed by atoms with van der Waals surface area (Å²) in [5.74, 6) is -2.20. The number of piperidine rings is 1. The molecule has 0 aromatic heterocycles. The summed E-state index contributed by atoms with van der Waals surface area (Å²) in [5.41, 5.74) is -4.01. The Hall–Kier alpha value is -1.67. The first kappa shape index (κ1) is 31.0. The third kappa shape index (κ3) is 3.31. The van der Waals surface area contributed by atoms with Gasteiger partial charge in [-0.2, -0.15) is 0 Å². The molecule has 44 heavy (non-hydrogen) atoms. The van der Waals surface area contributed by atoms with E-state index in [-0.39, 0.29) is 24.3 Å². The molecule has 244 valence electrons. The molecule has 11 nitrogen and oxygen atoms in total. The number of methoxy groups -OCH3 is 5. The number of hydrogen-bond acceptors (Lipinski definition) is 11. The quantitative estimate of drug-likeness (QED) is 0.339. The van der Waals surface area contributed by atoms with Crippen molar-refractivity contribution >= 4 is 5.97 Å². The first-order chi connectivity index (χ1) is 21.1. The third-order valence-corrected chi connectivity index (χ3v) is 13.2. The fourth-order valence-corrected chi connectivity index (χ4v) is 12.3. The average molecular weight is 618 g/mol. The molecule has 1 aromatic rings. The summed E-state index contributed by atoms with van der Waals surface area (Å²) in [5, 5.41) is 37.1. The minimum absolute atomic E-state index is 0.177. The van der Waals surface area contributed by atoms with Gasteiger partial charge >= 0.3 is 5.97 Å². The largest absolute Gasteiger partial charge is 0.455 e. The Morgan fingerprint density at radius 1 is 1.00 bits per heavy atom. The molecule has 1 spiro atoms.